The maximum absolute atomic E-state index is 13.2. The van der Waals surface area contributed by atoms with Crippen molar-refractivity contribution in [3.05, 3.63) is 59.7 Å². The molecule has 0 bridgehead atoms. The molecule has 1 fully saturated rings. The SMILES string of the molecule is OC(CCC(c1ccc(F)cc1)c1ncc(F)cn1)N1CCNCC1. The quantitative estimate of drug-likeness (QED) is 0.835. The fourth-order valence-corrected chi connectivity index (χ4v) is 3.12. The van der Waals surface area contributed by atoms with Crippen LogP contribution in [0.15, 0.2) is 36.7 Å². The van der Waals surface area contributed by atoms with Gasteiger partial charge in [0.05, 0.1) is 12.4 Å². The number of aliphatic hydroxyl groups is 1. The molecule has 3 rings (SSSR count). The van der Waals surface area contributed by atoms with Crippen LogP contribution in [0.4, 0.5) is 8.78 Å². The Bertz CT molecular complexity index is 614. The van der Waals surface area contributed by atoms with Crippen molar-refractivity contribution in [1.29, 1.82) is 0 Å². The lowest BCUT2D eigenvalue weighted by Crippen LogP contribution is -2.48. The number of aliphatic hydroxyl groups excluding tert-OH is 1. The lowest BCUT2D eigenvalue weighted by Gasteiger charge is -2.32. The summed E-state index contributed by atoms with van der Waals surface area (Å²) in [6.45, 7) is 3.32. The molecule has 1 aliphatic rings. The number of benzene rings is 1. The fraction of sp³-hybridized carbons (Fsp3) is 0.444. The number of hydrogen-bond donors (Lipinski definition) is 2. The molecule has 1 aromatic carbocycles. The molecule has 0 saturated carbocycles. The third-order valence-electron chi connectivity index (χ3n) is 4.51. The molecule has 134 valence electrons. The first-order chi connectivity index (χ1) is 12.1. The Kier molecular flexibility index (Phi) is 6.01. The Morgan fingerprint density at radius 1 is 1.00 bits per heavy atom. The van der Waals surface area contributed by atoms with E-state index in [0.717, 1.165) is 44.1 Å². The van der Waals surface area contributed by atoms with Gasteiger partial charge >= 0.3 is 0 Å². The molecule has 0 spiro atoms. The number of aromatic nitrogens is 2. The zero-order valence-corrected chi connectivity index (χ0v) is 13.9. The first-order valence-electron chi connectivity index (χ1n) is 8.49. The highest BCUT2D eigenvalue weighted by atomic mass is 19.1. The van der Waals surface area contributed by atoms with Gasteiger partial charge in [-0.1, -0.05) is 12.1 Å². The second-order valence-corrected chi connectivity index (χ2v) is 6.21. The molecular formula is C18H22F2N4O. The molecule has 1 aliphatic heterocycles. The number of nitrogens with one attached hydrogen (secondary N) is 1. The van der Waals surface area contributed by atoms with E-state index in [4.69, 9.17) is 0 Å². The Morgan fingerprint density at radius 2 is 1.64 bits per heavy atom. The fourth-order valence-electron chi connectivity index (χ4n) is 3.12. The van der Waals surface area contributed by atoms with E-state index in [1.54, 1.807) is 12.1 Å². The van der Waals surface area contributed by atoms with Crippen LogP contribution in [0.25, 0.3) is 0 Å². The van der Waals surface area contributed by atoms with Crippen molar-refractivity contribution in [3.8, 4) is 0 Å². The molecule has 1 aromatic heterocycles. The highest BCUT2D eigenvalue weighted by Gasteiger charge is 2.22. The lowest BCUT2D eigenvalue weighted by atomic mass is 9.92. The molecule has 2 heterocycles. The van der Waals surface area contributed by atoms with Crippen molar-refractivity contribution in [2.45, 2.75) is 25.0 Å². The van der Waals surface area contributed by atoms with Gasteiger partial charge in [0, 0.05) is 32.1 Å². The molecule has 0 radical (unpaired) electrons. The summed E-state index contributed by atoms with van der Waals surface area (Å²) in [4.78, 5) is 10.2. The zero-order chi connectivity index (χ0) is 17.6. The minimum Gasteiger partial charge on any atom is -0.378 e. The predicted molar refractivity (Wildman–Crippen MR) is 89.9 cm³/mol. The molecule has 5 nitrogen and oxygen atoms in total. The van der Waals surface area contributed by atoms with Gasteiger partial charge in [-0.25, -0.2) is 18.7 Å². The molecule has 1 saturated heterocycles. The Labute approximate surface area is 145 Å². The highest BCUT2D eigenvalue weighted by molar-refractivity contribution is 5.26. The van der Waals surface area contributed by atoms with Crippen LogP contribution in [0.1, 0.15) is 30.1 Å². The maximum Gasteiger partial charge on any atom is 0.159 e. The summed E-state index contributed by atoms with van der Waals surface area (Å²) in [5, 5.41) is 13.7. The number of nitrogens with zero attached hydrogens (tertiary/aromatic N) is 3. The Hall–Kier alpha value is -1.96. The van der Waals surface area contributed by atoms with Crippen LogP contribution < -0.4 is 5.32 Å². The molecule has 2 N–H and O–H groups in total. The molecule has 2 aromatic rings. The van der Waals surface area contributed by atoms with Gasteiger partial charge in [-0.15, -0.1) is 0 Å². The predicted octanol–water partition coefficient (Wildman–Crippen LogP) is 1.89. The number of rotatable bonds is 6. The van der Waals surface area contributed by atoms with Crippen LogP contribution >= 0.6 is 0 Å². The van der Waals surface area contributed by atoms with E-state index >= 15 is 0 Å². The molecule has 2 atom stereocenters. The van der Waals surface area contributed by atoms with Crippen LogP contribution in [-0.2, 0) is 0 Å². The summed E-state index contributed by atoms with van der Waals surface area (Å²) in [5.41, 5.74) is 0.848. The van der Waals surface area contributed by atoms with Crippen molar-refractivity contribution in [1.82, 2.24) is 20.2 Å². The first-order valence-corrected chi connectivity index (χ1v) is 8.49. The Balaban J connectivity index is 1.74. The van der Waals surface area contributed by atoms with Gasteiger partial charge in [-0.3, -0.25) is 4.90 Å². The molecule has 25 heavy (non-hydrogen) atoms. The summed E-state index contributed by atoms with van der Waals surface area (Å²) < 4.78 is 26.4. The number of piperazine rings is 1. The largest absolute Gasteiger partial charge is 0.378 e. The van der Waals surface area contributed by atoms with Crippen LogP contribution in [0.5, 0.6) is 0 Å². The van der Waals surface area contributed by atoms with Gasteiger partial charge in [0.25, 0.3) is 0 Å². The smallest absolute Gasteiger partial charge is 0.159 e. The Morgan fingerprint density at radius 3 is 2.28 bits per heavy atom. The average Bonchev–Trinajstić information content (AvgIpc) is 2.65. The van der Waals surface area contributed by atoms with E-state index in [2.05, 4.69) is 15.3 Å². The van der Waals surface area contributed by atoms with Gasteiger partial charge in [-0.05, 0) is 30.5 Å². The van der Waals surface area contributed by atoms with Gasteiger partial charge in [-0.2, -0.15) is 0 Å². The van der Waals surface area contributed by atoms with E-state index in [1.807, 2.05) is 4.90 Å². The third kappa shape index (κ3) is 4.78. The molecule has 0 amide bonds. The summed E-state index contributed by atoms with van der Waals surface area (Å²) in [6.07, 6.45) is 2.83. The second kappa shape index (κ2) is 8.42. The summed E-state index contributed by atoms with van der Waals surface area (Å²) >= 11 is 0. The first kappa shape index (κ1) is 17.8. The standard InChI is InChI=1S/C18H22F2N4O/c19-14-3-1-13(2-4-14)16(18-22-11-15(20)12-23-18)5-6-17(25)24-9-7-21-8-10-24/h1-4,11-12,16-17,21,25H,5-10H2. The highest BCUT2D eigenvalue weighted by Crippen LogP contribution is 2.28. The van der Waals surface area contributed by atoms with Crippen molar-refractivity contribution in [2.75, 3.05) is 26.2 Å². The normalized spacial score (nSPS) is 18.0. The summed E-state index contributed by atoms with van der Waals surface area (Å²) in [5.74, 6) is -0.565. The van der Waals surface area contributed by atoms with Crippen LogP contribution in [0.3, 0.4) is 0 Å². The van der Waals surface area contributed by atoms with Crippen LogP contribution in [0, 0.1) is 11.6 Å². The van der Waals surface area contributed by atoms with Gasteiger partial charge in [0.1, 0.15) is 17.9 Å². The topological polar surface area (TPSA) is 61.3 Å². The van der Waals surface area contributed by atoms with Crippen molar-refractivity contribution < 1.29 is 13.9 Å². The molecule has 2 unspecified atom stereocenters. The molecule has 7 heteroatoms. The average molecular weight is 348 g/mol. The number of hydrogen-bond acceptors (Lipinski definition) is 5. The molecular weight excluding hydrogens is 326 g/mol. The third-order valence-corrected chi connectivity index (χ3v) is 4.51. The zero-order valence-electron chi connectivity index (χ0n) is 13.9. The monoisotopic (exact) mass is 348 g/mol. The van der Waals surface area contributed by atoms with Gasteiger partial charge in [0.15, 0.2) is 5.82 Å². The maximum atomic E-state index is 13.2. The number of halogens is 2. The minimum atomic E-state index is -0.550. The molecule has 0 aliphatic carbocycles. The summed E-state index contributed by atoms with van der Waals surface area (Å²) in [6, 6.07) is 6.14. The van der Waals surface area contributed by atoms with Crippen molar-refractivity contribution in [2.24, 2.45) is 0 Å². The van der Waals surface area contributed by atoms with E-state index < -0.39 is 12.0 Å². The van der Waals surface area contributed by atoms with Gasteiger partial charge in [0.2, 0.25) is 0 Å². The minimum absolute atomic E-state index is 0.223. The van der Waals surface area contributed by atoms with E-state index in [1.165, 1.54) is 12.1 Å². The van der Waals surface area contributed by atoms with Crippen molar-refractivity contribution in [3.63, 3.8) is 0 Å². The van der Waals surface area contributed by atoms with Gasteiger partial charge < -0.3 is 10.4 Å². The van der Waals surface area contributed by atoms with Crippen LogP contribution in [-0.4, -0.2) is 52.4 Å². The lowest BCUT2D eigenvalue weighted by molar-refractivity contribution is -0.0111. The van der Waals surface area contributed by atoms with E-state index in [0.29, 0.717) is 18.7 Å². The van der Waals surface area contributed by atoms with Crippen LogP contribution in [0.2, 0.25) is 0 Å². The van der Waals surface area contributed by atoms with E-state index in [-0.39, 0.29) is 11.7 Å². The summed E-state index contributed by atoms with van der Waals surface area (Å²) in [7, 11) is 0. The second-order valence-electron chi connectivity index (χ2n) is 6.21. The van der Waals surface area contributed by atoms with E-state index in [9.17, 15) is 13.9 Å². The van der Waals surface area contributed by atoms with Crippen molar-refractivity contribution >= 4 is 0 Å².